The highest BCUT2D eigenvalue weighted by Crippen LogP contribution is 2.23. The molecule has 21 heavy (non-hydrogen) atoms. The fourth-order valence-corrected chi connectivity index (χ4v) is 1.83. The number of hydrogen-bond acceptors (Lipinski definition) is 3. The summed E-state index contributed by atoms with van der Waals surface area (Å²) in [4.78, 5) is 33.6. The fourth-order valence-electron chi connectivity index (χ4n) is 1.83. The first-order chi connectivity index (χ1) is 9.81. The molecule has 0 fully saturated rings. The Bertz CT molecular complexity index is 543. The second-order valence-electron chi connectivity index (χ2n) is 4.90. The Morgan fingerprint density at radius 3 is 2.38 bits per heavy atom. The van der Waals surface area contributed by atoms with Gasteiger partial charge in [0.05, 0.1) is 6.42 Å². The van der Waals surface area contributed by atoms with Crippen LogP contribution in [0, 0.1) is 0 Å². The number of carboxylic acid groups (broad SMARTS) is 1. The highest BCUT2D eigenvalue weighted by atomic mass is 16.4. The van der Waals surface area contributed by atoms with Gasteiger partial charge >= 0.3 is 12.0 Å². The molecule has 0 radical (unpaired) electrons. The molecule has 5 N–H and O–H groups in total. The van der Waals surface area contributed by atoms with E-state index in [2.05, 4.69) is 10.6 Å². The van der Waals surface area contributed by atoms with Crippen molar-refractivity contribution in [2.45, 2.75) is 32.2 Å². The minimum atomic E-state index is -1.35. The lowest BCUT2D eigenvalue weighted by Crippen LogP contribution is -2.45. The number of carbonyl (C=O) groups is 3. The van der Waals surface area contributed by atoms with Crippen LogP contribution in [0.25, 0.3) is 0 Å². The number of amides is 3. The van der Waals surface area contributed by atoms with Crippen molar-refractivity contribution >= 4 is 23.6 Å². The van der Waals surface area contributed by atoms with Crippen molar-refractivity contribution in [3.8, 4) is 0 Å². The SMILES string of the molecule is CC(C)c1ccccc1NC(=O)N[C@@H](CC(N)=O)C(=O)O. The standard InChI is InChI=1S/C14H19N3O4/c1-8(2)9-5-3-4-6-10(9)16-14(21)17-11(13(19)20)7-12(15)18/h3-6,8,11H,7H2,1-2H3,(H2,15,18)(H,19,20)(H2,16,17,21)/t11-/m0/s1. The van der Waals surface area contributed by atoms with Gasteiger partial charge in [0.1, 0.15) is 6.04 Å². The topological polar surface area (TPSA) is 122 Å². The van der Waals surface area contributed by atoms with Crippen LogP contribution in [0.4, 0.5) is 10.5 Å². The minimum absolute atomic E-state index is 0.197. The maximum Gasteiger partial charge on any atom is 0.326 e. The van der Waals surface area contributed by atoms with Crippen molar-refractivity contribution in [2.75, 3.05) is 5.32 Å². The number of primary amides is 1. The molecule has 0 unspecified atom stereocenters. The van der Waals surface area contributed by atoms with Gasteiger partial charge in [0.15, 0.2) is 0 Å². The fraction of sp³-hybridized carbons (Fsp3) is 0.357. The van der Waals surface area contributed by atoms with E-state index >= 15 is 0 Å². The molecule has 0 saturated heterocycles. The van der Waals surface area contributed by atoms with Gasteiger partial charge in [-0.05, 0) is 17.5 Å². The molecule has 114 valence electrons. The second kappa shape index (κ2) is 7.28. The number of hydrogen-bond donors (Lipinski definition) is 4. The minimum Gasteiger partial charge on any atom is -0.480 e. The molecule has 0 aliphatic carbocycles. The highest BCUT2D eigenvalue weighted by molar-refractivity contribution is 5.94. The lowest BCUT2D eigenvalue weighted by atomic mass is 10.0. The molecule has 1 atom stereocenters. The first-order valence-corrected chi connectivity index (χ1v) is 6.48. The largest absolute Gasteiger partial charge is 0.480 e. The van der Waals surface area contributed by atoms with Crippen LogP contribution >= 0.6 is 0 Å². The van der Waals surface area contributed by atoms with E-state index in [4.69, 9.17) is 10.8 Å². The van der Waals surface area contributed by atoms with Gasteiger partial charge in [-0.25, -0.2) is 9.59 Å². The molecule has 3 amide bonds. The number of nitrogens with two attached hydrogens (primary N) is 1. The normalized spacial score (nSPS) is 11.8. The second-order valence-corrected chi connectivity index (χ2v) is 4.90. The molecular formula is C14H19N3O4. The molecule has 1 aromatic rings. The summed E-state index contributed by atoms with van der Waals surface area (Å²) in [5.41, 5.74) is 6.47. The van der Waals surface area contributed by atoms with E-state index in [1.807, 2.05) is 26.0 Å². The van der Waals surface area contributed by atoms with E-state index in [0.717, 1.165) is 5.56 Å². The van der Waals surface area contributed by atoms with Crippen LogP contribution in [0.5, 0.6) is 0 Å². The molecule has 7 nitrogen and oxygen atoms in total. The van der Waals surface area contributed by atoms with Crippen molar-refractivity contribution < 1.29 is 19.5 Å². The maximum atomic E-state index is 11.8. The van der Waals surface area contributed by atoms with Crippen LogP contribution in [-0.2, 0) is 9.59 Å². The van der Waals surface area contributed by atoms with Crippen molar-refractivity contribution in [3.63, 3.8) is 0 Å². The number of aliphatic carboxylic acids is 1. The zero-order valence-electron chi connectivity index (χ0n) is 11.9. The van der Waals surface area contributed by atoms with Crippen LogP contribution in [0.15, 0.2) is 24.3 Å². The van der Waals surface area contributed by atoms with E-state index in [-0.39, 0.29) is 5.92 Å². The molecule has 0 aliphatic rings. The van der Waals surface area contributed by atoms with E-state index < -0.39 is 30.4 Å². The monoisotopic (exact) mass is 293 g/mol. The Kier molecular flexibility index (Phi) is 5.71. The number of rotatable bonds is 6. The van der Waals surface area contributed by atoms with Crippen LogP contribution in [0.3, 0.4) is 0 Å². The summed E-state index contributed by atoms with van der Waals surface area (Å²) in [6.07, 6.45) is -0.464. The van der Waals surface area contributed by atoms with Gasteiger partial charge in [-0.2, -0.15) is 0 Å². The molecule has 0 saturated carbocycles. The number of carbonyl (C=O) groups excluding carboxylic acids is 2. The molecular weight excluding hydrogens is 274 g/mol. The first kappa shape index (κ1) is 16.5. The predicted molar refractivity (Wildman–Crippen MR) is 77.9 cm³/mol. The Morgan fingerprint density at radius 2 is 1.86 bits per heavy atom. The quantitative estimate of drug-likeness (QED) is 0.630. The van der Waals surface area contributed by atoms with E-state index in [0.29, 0.717) is 5.69 Å². The smallest absolute Gasteiger partial charge is 0.326 e. The zero-order valence-corrected chi connectivity index (χ0v) is 11.9. The first-order valence-electron chi connectivity index (χ1n) is 6.48. The lowest BCUT2D eigenvalue weighted by Gasteiger charge is -2.16. The van der Waals surface area contributed by atoms with Gasteiger partial charge in [-0.15, -0.1) is 0 Å². The average molecular weight is 293 g/mol. The summed E-state index contributed by atoms with van der Waals surface area (Å²) >= 11 is 0. The van der Waals surface area contributed by atoms with Gasteiger partial charge < -0.3 is 21.5 Å². The predicted octanol–water partition coefficient (Wildman–Crippen LogP) is 1.26. The third-order valence-corrected chi connectivity index (χ3v) is 2.84. The van der Waals surface area contributed by atoms with Crippen molar-refractivity contribution in [1.29, 1.82) is 0 Å². The number of carboxylic acids is 1. The Hall–Kier alpha value is -2.57. The van der Waals surface area contributed by atoms with Crippen LogP contribution in [0.2, 0.25) is 0 Å². The zero-order chi connectivity index (χ0) is 16.0. The number of urea groups is 1. The molecule has 0 aliphatic heterocycles. The van der Waals surface area contributed by atoms with E-state index in [9.17, 15) is 14.4 Å². The van der Waals surface area contributed by atoms with Crippen LogP contribution in [-0.4, -0.2) is 29.1 Å². The molecule has 1 rings (SSSR count). The maximum absolute atomic E-state index is 11.8. The van der Waals surface area contributed by atoms with Gasteiger partial charge in [0.25, 0.3) is 0 Å². The number of benzene rings is 1. The molecule has 7 heteroatoms. The van der Waals surface area contributed by atoms with Gasteiger partial charge in [-0.3, -0.25) is 4.79 Å². The number of para-hydroxylation sites is 1. The third-order valence-electron chi connectivity index (χ3n) is 2.84. The number of nitrogens with one attached hydrogen (secondary N) is 2. The van der Waals surface area contributed by atoms with Gasteiger partial charge in [0.2, 0.25) is 5.91 Å². The van der Waals surface area contributed by atoms with Gasteiger partial charge in [0, 0.05) is 5.69 Å². The highest BCUT2D eigenvalue weighted by Gasteiger charge is 2.22. The summed E-state index contributed by atoms with van der Waals surface area (Å²) in [6, 6.07) is 5.16. The van der Waals surface area contributed by atoms with E-state index in [1.54, 1.807) is 12.1 Å². The molecule has 0 aromatic heterocycles. The summed E-state index contributed by atoms with van der Waals surface area (Å²) in [6.45, 7) is 3.96. The molecule has 0 spiro atoms. The third kappa shape index (κ3) is 5.13. The van der Waals surface area contributed by atoms with Crippen molar-refractivity contribution in [3.05, 3.63) is 29.8 Å². The molecule has 1 aromatic carbocycles. The Labute approximate surface area is 122 Å². The lowest BCUT2D eigenvalue weighted by molar-refractivity contribution is -0.140. The van der Waals surface area contributed by atoms with Crippen LogP contribution in [0.1, 0.15) is 31.7 Å². The van der Waals surface area contributed by atoms with Crippen molar-refractivity contribution in [2.24, 2.45) is 5.73 Å². The van der Waals surface area contributed by atoms with Crippen molar-refractivity contribution in [1.82, 2.24) is 5.32 Å². The summed E-state index contributed by atoms with van der Waals surface area (Å²) in [7, 11) is 0. The Morgan fingerprint density at radius 1 is 1.24 bits per heavy atom. The number of anilines is 1. The van der Waals surface area contributed by atoms with Gasteiger partial charge in [-0.1, -0.05) is 32.0 Å². The van der Waals surface area contributed by atoms with Crippen LogP contribution < -0.4 is 16.4 Å². The molecule has 0 bridgehead atoms. The Balaban J connectivity index is 2.77. The summed E-state index contributed by atoms with van der Waals surface area (Å²) in [5, 5.41) is 13.7. The average Bonchev–Trinajstić information content (AvgIpc) is 2.37. The summed E-state index contributed by atoms with van der Waals surface area (Å²) in [5.74, 6) is -1.92. The molecule has 0 heterocycles. The summed E-state index contributed by atoms with van der Waals surface area (Å²) < 4.78 is 0. The van der Waals surface area contributed by atoms with E-state index in [1.165, 1.54) is 0 Å².